The molecule has 1 aliphatic rings. The fourth-order valence-electron chi connectivity index (χ4n) is 4.28. The second-order valence-corrected chi connectivity index (χ2v) is 8.36. The number of anilines is 1. The van der Waals surface area contributed by atoms with Crippen LogP contribution in [0.5, 0.6) is 0 Å². The highest BCUT2D eigenvalue weighted by atomic mass is 19.1. The number of benzene rings is 1. The number of rotatable bonds is 5. The molecular formula is C23H28FN5O. The van der Waals surface area contributed by atoms with Crippen LogP contribution in [0.1, 0.15) is 45.6 Å². The van der Waals surface area contributed by atoms with Crippen molar-refractivity contribution in [3.8, 4) is 22.6 Å². The molecule has 0 aliphatic heterocycles. The summed E-state index contributed by atoms with van der Waals surface area (Å²) in [5.41, 5.74) is 2.65. The standard InChI is InChI=1S/C23H28FN5O/c1-15(2)23(30)11-8-18(9-12-23)29-14-27-20(16-4-6-17(24)7-5-16)21(29)19-10-13-26-22(25-3)28-19/h4-7,10,13-15,18,30H,8-9,11-12H2,1-3H3,(H,25,26,28). The first-order valence-corrected chi connectivity index (χ1v) is 10.5. The van der Waals surface area contributed by atoms with Gasteiger partial charge in [-0.1, -0.05) is 13.8 Å². The molecule has 0 amide bonds. The van der Waals surface area contributed by atoms with Crippen molar-refractivity contribution in [2.75, 3.05) is 12.4 Å². The lowest BCUT2D eigenvalue weighted by Gasteiger charge is -2.39. The van der Waals surface area contributed by atoms with Crippen LogP contribution in [-0.2, 0) is 0 Å². The van der Waals surface area contributed by atoms with E-state index in [1.165, 1.54) is 12.1 Å². The molecule has 3 aromatic rings. The van der Waals surface area contributed by atoms with Crippen molar-refractivity contribution < 1.29 is 9.50 Å². The number of nitrogens with one attached hydrogen (secondary N) is 1. The van der Waals surface area contributed by atoms with Crippen molar-refractivity contribution >= 4 is 5.95 Å². The summed E-state index contributed by atoms with van der Waals surface area (Å²) in [6.45, 7) is 4.16. The van der Waals surface area contributed by atoms with Crippen LogP contribution in [0.25, 0.3) is 22.6 Å². The fraction of sp³-hybridized carbons (Fsp3) is 0.435. The van der Waals surface area contributed by atoms with E-state index < -0.39 is 5.60 Å². The van der Waals surface area contributed by atoms with Crippen molar-refractivity contribution in [1.82, 2.24) is 19.5 Å². The Balaban J connectivity index is 1.77. The molecule has 2 N–H and O–H groups in total. The Morgan fingerprint density at radius 1 is 1.13 bits per heavy atom. The Morgan fingerprint density at radius 2 is 1.83 bits per heavy atom. The van der Waals surface area contributed by atoms with E-state index >= 15 is 0 Å². The Morgan fingerprint density at radius 3 is 2.47 bits per heavy atom. The summed E-state index contributed by atoms with van der Waals surface area (Å²) in [6, 6.07) is 8.46. The van der Waals surface area contributed by atoms with Crippen molar-refractivity contribution in [3.05, 3.63) is 48.7 Å². The molecule has 6 nitrogen and oxygen atoms in total. The first-order valence-electron chi connectivity index (χ1n) is 10.5. The highest BCUT2D eigenvalue weighted by Gasteiger charge is 2.37. The van der Waals surface area contributed by atoms with Crippen LogP contribution in [0.15, 0.2) is 42.9 Å². The average molecular weight is 410 g/mol. The van der Waals surface area contributed by atoms with Crippen LogP contribution in [0.3, 0.4) is 0 Å². The normalized spacial score (nSPS) is 21.7. The predicted molar refractivity (Wildman–Crippen MR) is 115 cm³/mol. The number of imidazole rings is 1. The van der Waals surface area contributed by atoms with Gasteiger partial charge in [0, 0.05) is 24.8 Å². The zero-order valence-corrected chi connectivity index (χ0v) is 17.6. The molecule has 1 aliphatic carbocycles. The molecule has 0 radical (unpaired) electrons. The third-order valence-corrected chi connectivity index (χ3v) is 6.32. The quantitative estimate of drug-likeness (QED) is 0.639. The lowest BCUT2D eigenvalue weighted by atomic mass is 9.75. The molecule has 1 saturated carbocycles. The summed E-state index contributed by atoms with van der Waals surface area (Å²) in [5.74, 6) is 0.484. The van der Waals surface area contributed by atoms with E-state index in [4.69, 9.17) is 4.98 Å². The molecule has 1 aromatic carbocycles. The largest absolute Gasteiger partial charge is 0.390 e. The van der Waals surface area contributed by atoms with Gasteiger partial charge in [0.25, 0.3) is 0 Å². The summed E-state index contributed by atoms with van der Waals surface area (Å²) in [4.78, 5) is 13.6. The van der Waals surface area contributed by atoms with E-state index in [-0.39, 0.29) is 17.8 Å². The van der Waals surface area contributed by atoms with Gasteiger partial charge in [0.2, 0.25) is 5.95 Å². The minimum atomic E-state index is -0.606. The molecular weight excluding hydrogens is 381 g/mol. The molecule has 30 heavy (non-hydrogen) atoms. The van der Waals surface area contributed by atoms with Crippen molar-refractivity contribution in [2.45, 2.75) is 51.2 Å². The minimum Gasteiger partial charge on any atom is -0.390 e. The van der Waals surface area contributed by atoms with E-state index in [1.807, 2.05) is 12.4 Å². The monoisotopic (exact) mass is 409 g/mol. The van der Waals surface area contributed by atoms with Crippen LogP contribution < -0.4 is 5.32 Å². The highest BCUT2D eigenvalue weighted by Crippen LogP contribution is 2.42. The Labute approximate surface area is 176 Å². The van der Waals surface area contributed by atoms with Gasteiger partial charge in [-0.25, -0.2) is 19.3 Å². The first-order chi connectivity index (χ1) is 14.4. The van der Waals surface area contributed by atoms with Gasteiger partial charge in [0.15, 0.2) is 0 Å². The second-order valence-electron chi connectivity index (χ2n) is 8.36. The Kier molecular flexibility index (Phi) is 5.56. The number of hydrogen-bond donors (Lipinski definition) is 2. The van der Waals surface area contributed by atoms with E-state index in [2.05, 4.69) is 33.7 Å². The zero-order chi connectivity index (χ0) is 21.3. The zero-order valence-electron chi connectivity index (χ0n) is 17.6. The molecule has 2 heterocycles. The van der Waals surface area contributed by atoms with Crippen molar-refractivity contribution in [3.63, 3.8) is 0 Å². The summed E-state index contributed by atoms with van der Waals surface area (Å²) in [7, 11) is 1.78. The van der Waals surface area contributed by atoms with Gasteiger partial charge < -0.3 is 15.0 Å². The number of halogens is 1. The van der Waals surface area contributed by atoms with E-state index in [1.54, 1.807) is 25.4 Å². The molecule has 1 fully saturated rings. The maximum Gasteiger partial charge on any atom is 0.222 e. The molecule has 2 aromatic heterocycles. The summed E-state index contributed by atoms with van der Waals surface area (Å²) < 4.78 is 15.6. The maximum absolute atomic E-state index is 13.5. The fourth-order valence-corrected chi connectivity index (χ4v) is 4.28. The third kappa shape index (κ3) is 3.81. The van der Waals surface area contributed by atoms with E-state index in [0.717, 1.165) is 48.3 Å². The number of aromatic nitrogens is 4. The highest BCUT2D eigenvalue weighted by molar-refractivity contribution is 5.77. The third-order valence-electron chi connectivity index (χ3n) is 6.32. The van der Waals surface area contributed by atoms with E-state index in [0.29, 0.717) is 5.95 Å². The van der Waals surface area contributed by atoms with Gasteiger partial charge in [0.05, 0.1) is 29.0 Å². The van der Waals surface area contributed by atoms with Gasteiger partial charge in [-0.2, -0.15) is 0 Å². The number of hydrogen-bond acceptors (Lipinski definition) is 5. The SMILES string of the molecule is CNc1nccc(-c2c(-c3ccc(F)cc3)ncn2C2CCC(O)(C(C)C)CC2)n1. The van der Waals surface area contributed by atoms with Crippen LogP contribution in [0.2, 0.25) is 0 Å². The maximum atomic E-state index is 13.5. The predicted octanol–water partition coefficient (Wildman–Crippen LogP) is 4.69. The van der Waals surface area contributed by atoms with Crippen molar-refractivity contribution in [1.29, 1.82) is 0 Å². The molecule has 0 atom stereocenters. The molecule has 0 saturated heterocycles. The van der Waals surface area contributed by atoms with Crippen molar-refractivity contribution in [2.24, 2.45) is 5.92 Å². The molecule has 0 unspecified atom stereocenters. The van der Waals surface area contributed by atoms with Crippen LogP contribution in [0.4, 0.5) is 10.3 Å². The average Bonchev–Trinajstić information content (AvgIpc) is 3.20. The number of nitrogens with zero attached hydrogens (tertiary/aromatic N) is 4. The topological polar surface area (TPSA) is 75.9 Å². The second kappa shape index (κ2) is 8.14. The van der Waals surface area contributed by atoms with Crippen LogP contribution in [0, 0.1) is 11.7 Å². The minimum absolute atomic E-state index is 0.216. The lowest BCUT2D eigenvalue weighted by Crippen LogP contribution is -2.39. The molecule has 7 heteroatoms. The smallest absolute Gasteiger partial charge is 0.222 e. The molecule has 158 valence electrons. The Hall–Kier alpha value is -2.80. The van der Waals surface area contributed by atoms with Crippen LogP contribution >= 0.6 is 0 Å². The van der Waals surface area contributed by atoms with Gasteiger partial charge in [-0.3, -0.25) is 0 Å². The van der Waals surface area contributed by atoms with Gasteiger partial charge in [-0.05, 0) is 61.9 Å². The van der Waals surface area contributed by atoms with Gasteiger partial charge >= 0.3 is 0 Å². The molecule has 0 bridgehead atoms. The lowest BCUT2D eigenvalue weighted by molar-refractivity contribution is -0.0460. The summed E-state index contributed by atoms with van der Waals surface area (Å²) >= 11 is 0. The first kappa shape index (κ1) is 20.5. The summed E-state index contributed by atoms with van der Waals surface area (Å²) in [6.07, 6.45) is 6.81. The van der Waals surface area contributed by atoms with Gasteiger partial charge in [-0.15, -0.1) is 0 Å². The van der Waals surface area contributed by atoms with Crippen LogP contribution in [-0.4, -0.2) is 37.3 Å². The number of aliphatic hydroxyl groups is 1. The van der Waals surface area contributed by atoms with Gasteiger partial charge in [0.1, 0.15) is 5.82 Å². The Bertz CT molecular complexity index is 1010. The summed E-state index contributed by atoms with van der Waals surface area (Å²) in [5, 5.41) is 13.9. The molecule has 4 rings (SSSR count). The molecule has 0 spiro atoms. The van der Waals surface area contributed by atoms with E-state index in [9.17, 15) is 9.50 Å².